The fraction of sp³-hybridized carbons (Fsp3) is 0.333. The number of alkyl halides is 3. The molecule has 1 aliphatic heterocycles. The third-order valence-corrected chi connectivity index (χ3v) is 7.12. The standard InChI is InChI=1S/C27H22F4N4O3/c1-16-12-33-24(38-16)19-9-26(10-19)15-34(13-17-2-5-20(6-3-17)27(29,30)31)23(36)14-35(25(26)37)22-7-4-18(11-32)8-21(22)28/h2-8,12,19H,9-10,13-15H2,1H3. The van der Waals surface area contributed by atoms with Crippen LogP contribution in [-0.2, 0) is 22.3 Å². The number of aryl methyl sites for hydroxylation is 1. The van der Waals surface area contributed by atoms with E-state index in [1.54, 1.807) is 13.1 Å². The molecule has 0 atom stereocenters. The molecule has 2 aliphatic rings. The average Bonchev–Trinajstić information content (AvgIpc) is 3.24. The number of rotatable bonds is 4. The van der Waals surface area contributed by atoms with Crippen LogP contribution in [0.4, 0.5) is 23.2 Å². The van der Waals surface area contributed by atoms with Gasteiger partial charge in [0.05, 0.1) is 34.5 Å². The van der Waals surface area contributed by atoms with Gasteiger partial charge in [0.1, 0.15) is 18.1 Å². The molecule has 3 aromatic rings. The van der Waals surface area contributed by atoms with Crippen LogP contribution in [0.15, 0.2) is 53.1 Å². The Morgan fingerprint density at radius 1 is 1.16 bits per heavy atom. The van der Waals surface area contributed by atoms with Crippen molar-refractivity contribution < 1.29 is 31.6 Å². The molecule has 0 N–H and O–H groups in total. The SMILES string of the molecule is Cc1cnc(C2CC3(C2)CN(Cc2ccc(C(F)(F)F)cc2)C(=O)CN(c2ccc(C#N)cc2F)C3=O)o1. The molecular formula is C27H22F4N4O3. The normalized spacial score (nSPS) is 21.8. The van der Waals surface area contributed by atoms with E-state index in [0.29, 0.717) is 30.1 Å². The molecule has 0 radical (unpaired) electrons. The van der Waals surface area contributed by atoms with Crippen molar-refractivity contribution in [3.05, 3.63) is 82.8 Å². The summed E-state index contributed by atoms with van der Waals surface area (Å²) in [5.74, 6) is -0.814. The summed E-state index contributed by atoms with van der Waals surface area (Å²) < 4.78 is 59.5. The second-order valence-corrected chi connectivity index (χ2v) is 9.81. The molecule has 11 heteroatoms. The van der Waals surface area contributed by atoms with Gasteiger partial charge in [-0.15, -0.1) is 0 Å². The number of hydrogen-bond acceptors (Lipinski definition) is 5. The number of amides is 2. The van der Waals surface area contributed by atoms with Gasteiger partial charge in [-0.1, -0.05) is 12.1 Å². The predicted molar refractivity (Wildman–Crippen MR) is 126 cm³/mol. The Morgan fingerprint density at radius 2 is 1.87 bits per heavy atom. The molecule has 196 valence electrons. The number of nitrogens with zero attached hydrogens (tertiary/aromatic N) is 4. The van der Waals surface area contributed by atoms with E-state index in [2.05, 4.69) is 4.98 Å². The van der Waals surface area contributed by atoms with Gasteiger partial charge in [0.25, 0.3) is 0 Å². The first kappa shape index (κ1) is 25.4. The maximum absolute atomic E-state index is 15.0. The van der Waals surface area contributed by atoms with Gasteiger partial charge in [0.15, 0.2) is 5.89 Å². The van der Waals surface area contributed by atoms with Crippen molar-refractivity contribution in [2.45, 2.75) is 38.4 Å². The Balaban J connectivity index is 1.47. The van der Waals surface area contributed by atoms with Crippen LogP contribution in [-0.4, -0.2) is 34.8 Å². The molecule has 7 nitrogen and oxygen atoms in total. The number of anilines is 1. The highest BCUT2D eigenvalue weighted by atomic mass is 19.4. The summed E-state index contributed by atoms with van der Waals surface area (Å²) in [4.78, 5) is 34.0. The number of halogens is 4. The molecular weight excluding hydrogens is 504 g/mol. The Kier molecular flexibility index (Phi) is 6.21. The third-order valence-electron chi connectivity index (χ3n) is 7.12. The van der Waals surface area contributed by atoms with Gasteiger partial charge in [0, 0.05) is 19.0 Å². The van der Waals surface area contributed by atoms with Gasteiger partial charge >= 0.3 is 6.18 Å². The molecule has 1 aromatic heterocycles. The summed E-state index contributed by atoms with van der Waals surface area (Å²) in [6.07, 6.45) is -2.31. The molecule has 5 rings (SSSR count). The topological polar surface area (TPSA) is 90.4 Å². The van der Waals surface area contributed by atoms with Crippen LogP contribution >= 0.6 is 0 Å². The Hall–Kier alpha value is -4.20. The number of aromatic nitrogens is 1. The summed E-state index contributed by atoms with van der Waals surface area (Å²) in [7, 11) is 0. The van der Waals surface area contributed by atoms with Crippen LogP contribution in [0.2, 0.25) is 0 Å². The van der Waals surface area contributed by atoms with Crippen molar-refractivity contribution >= 4 is 17.5 Å². The molecule has 1 spiro atoms. The zero-order valence-electron chi connectivity index (χ0n) is 20.3. The van der Waals surface area contributed by atoms with Gasteiger partial charge in [-0.05, 0) is 55.7 Å². The van der Waals surface area contributed by atoms with Crippen molar-refractivity contribution in [1.82, 2.24) is 9.88 Å². The Bertz CT molecular complexity index is 1440. The zero-order chi connectivity index (χ0) is 27.2. The van der Waals surface area contributed by atoms with E-state index < -0.39 is 41.3 Å². The summed E-state index contributed by atoms with van der Waals surface area (Å²) >= 11 is 0. The van der Waals surface area contributed by atoms with Gasteiger partial charge in [-0.25, -0.2) is 9.37 Å². The van der Waals surface area contributed by atoms with Crippen LogP contribution in [0.3, 0.4) is 0 Å². The monoisotopic (exact) mass is 526 g/mol. The number of carbonyl (C=O) groups excluding carboxylic acids is 2. The molecule has 1 saturated heterocycles. The molecule has 0 unspecified atom stereocenters. The van der Waals surface area contributed by atoms with Crippen molar-refractivity contribution in [3.8, 4) is 6.07 Å². The fourth-order valence-electron chi connectivity index (χ4n) is 5.19. The van der Waals surface area contributed by atoms with Crippen LogP contribution in [0.25, 0.3) is 0 Å². The smallest absolute Gasteiger partial charge is 0.416 e. The largest absolute Gasteiger partial charge is 0.446 e. The Morgan fingerprint density at radius 3 is 2.45 bits per heavy atom. The molecule has 1 saturated carbocycles. The van der Waals surface area contributed by atoms with Gasteiger partial charge in [-0.3, -0.25) is 14.5 Å². The first-order valence-electron chi connectivity index (χ1n) is 11.9. The van der Waals surface area contributed by atoms with E-state index in [4.69, 9.17) is 9.68 Å². The van der Waals surface area contributed by atoms with Gasteiger partial charge < -0.3 is 9.32 Å². The number of nitriles is 1. The van der Waals surface area contributed by atoms with Gasteiger partial charge in [0.2, 0.25) is 11.8 Å². The highest BCUT2D eigenvalue weighted by Crippen LogP contribution is 2.53. The van der Waals surface area contributed by atoms with Crippen molar-refractivity contribution in [3.63, 3.8) is 0 Å². The zero-order valence-corrected chi connectivity index (χ0v) is 20.3. The lowest BCUT2D eigenvalue weighted by molar-refractivity contribution is -0.138. The van der Waals surface area contributed by atoms with Crippen molar-refractivity contribution in [2.75, 3.05) is 18.0 Å². The molecule has 2 aromatic carbocycles. The van der Waals surface area contributed by atoms with Crippen molar-refractivity contribution in [1.29, 1.82) is 5.26 Å². The summed E-state index contributed by atoms with van der Waals surface area (Å²) in [5.41, 5.74) is -1.45. The fourth-order valence-corrected chi connectivity index (χ4v) is 5.19. The van der Waals surface area contributed by atoms with Crippen LogP contribution in [0, 0.1) is 29.5 Å². The summed E-state index contributed by atoms with van der Waals surface area (Å²) in [6, 6.07) is 9.99. The summed E-state index contributed by atoms with van der Waals surface area (Å²) in [5, 5.41) is 9.07. The lowest BCUT2D eigenvalue weighted by Gasteiger charge is -2.47. The van der Waals surface area contributed by atoms with Crippen LogP contribution in [0.5, 0.6) is 0 Å². The minimum atomic E-state index is -4.49. The van der Waals surface area contributed by atoms with Gasteiger partial charge in [-0.2, -0.15) is 18.4 Å². The molecule has 1 aliphatic carbocycles. The van der Waals surface area contributed by atoms with E-state index in [-0.39, 0.29) is 30.3 Å². The van der Waals surface area contributed by atoms with E-state index >= 15 is 0 Å². The molecule has 2 heterocycles. The van der Waals surface area contributed by atoms with E-state index in [1.165, 1.54) is 29.2 Å². The quantitative estimate of drug-likeness (QED) is 0.449. The van der Waals surface area contributed by atoms with E-state index in [1.807, 2.05) is 6.07 Å². The first-order chi connectivity index (χ1) is 18.0. The van der Waals surface area contributed by atoms with E-state index in [9.17, 15) is 27.2 Å². The highest BCUT2D eigenvalue weighted by Gasteiger charge is 2.56. The number of benzene rings is 2. The maximum atomic E-state index is 15.0. The lowest BCUT2D eigenvalue weighted by Crippen LogP contribution is -2.53. The molecule has 38 heavy (non-hydrogen) atoms. The second-order valence-electron chi connectivity index (χ2n) is 9.81. The average molecular weight is 526 g/mol. The number of oxazole rings is 1. The number of carbonyl (C=O) groups is 2. The van der Waals surface area contributed by atoms with Crippen LogP contribution < -0.4 is 4.90 Å². The van der Waals surface area contributed by atoms with E-state index in [0.717, 1.165) is 23.1 Å². The minimum Gasteiger partial charge on any atom is -0.446 e. The molecule has 2 amide bonds. The third kappa shape index (κ3) is 4.62. The molecule has 2 fully saturated rings. The lowest BCUT2D eigenvalue weighted by atomic mass is 9.60. The number of hydrogen-bond donors (Lipinski definition) is 0. The Labute approximate surface area is 215 Å². The summed E-state index contributed by atoms with van der Waals surface area (Å²) in [6.45, 7) is 1.29. The second kappa shape index (κ2) is 9.28. The van der Waals surface area contributed by atoms with Crippen molar-refractivity contribution in [2.24, 2.45) is 5.41 Å². The molecule has 0 bridgehead atoms. The predicted octanol–water partition coefficient (Wildman–Crippen LogP) is 4.95. The van der Waals surface area contributed by atoms with Crippen LogP contribution in [0.1, 0.15) is 47.1 Å². The highest BCUT2D eigenvalue weighted by molar-refractivity contribution is 6.04. The minimum absolute atomic E-state index is 0.0102. The first-order valence-corrected chi connectivity index (χ1v) is 11.9. The maximum Gasteiger partial charge on any atom is 0.416 e.